The number of carbonyl (C=O) groups is 1. The van der Waals surface area contributed by atoms with Crippen molar-refractivity contribution in [2.45, 2.75) is 0 Å². The van der Waals surface area contributed by atoms with Crippen LogP contribution in [0.5, 0.6) is 0 Å². The van der Waals surface area contributed by atoms with Gasteiger partial charge in [0.05, 0.1) is 21.3 Å². The van der Waals surface area contributed by atoms with Crippen LogP contribution in [0.15, 0.2) is 39.3 Å². The third-order valence-electron chi connectivity index (χ3n) is 2.42. The van der Waals surface area contributed by atoms with E-state index in [0.717, 1.165) is 4.47 Å². The highest BCUT2D eigenvalue weighted by molar-refractivity contribution is 9.11. The van der Waals surface area contributed by atoms with Crippen molar-refractivity contribution < 1.29 is 4.79 Å². The van der Waals surface area contributed by atoms with Crippen LogP contribution >= 0.6 is 66.7 Å². The minimum absolute atomic E-state index is 0.280. The van der Waals surface area contributed by atoms with Gasteiger partial charge in [-0.1, -0.05) is 50.7 Å². The van der Waals surface area contributed by atoms with Crippen molar-refractivity contribution in [3.8, 4) is 0 Å². The molecule has 20 heavy (non-hydrogen) atoms. The molecule has 104 valence electrons. The highest BCUT2D eigenvalue weighted by atomic mass is 79.9. The molecule has 0 heterocycles. The standard InChI is InChI=1S/C13H6Br2Cl3NO/c14-6-1-2-9(15)8(3-6)13(20)19-12-10(17)4-7(16)5-11(12)18/h1-5H,(H,19,20). The van der Waals surface area contributed by atoms with Gasteiger partial charge in [0.15, 0.2) is 0 Å². The summed E-state index contributed by atoms with van der Waals surface area (Å²) < 4.78 is 1.46. The van der Waals surface area contributed by atoms with Gasteiger partial charge < -0.3 is 5.32 Å². The number of rotatable bonds is 2. The molecule has 0 fully saturated rings. The Morgan fingerprint density at radius 2 is 1.60 bits per heavy atom. The van der Waals surface area contributed by atoms with Gasteiger partial charge in [-0.2, -0.15) is 0 Å². The summed E-state index contributed by atoms with van der Waals surface area (Å²) in [5.74, 6) is -0.329. The van der Waals surface area contributed by atoms with Gasteiger partial charge in [0, 0.05) is 14.0 Å². The molecule has 2 aromatic carbocycles. The number of hydrogen-bond donors (Lipinski definition) is 1. The third-order valence-corrected chi connectivity index (χ3v) is 4.42. The van der Waals surface area contributed by atoms with E-state index in [9.17, 15) is 4.79 Å². The van der Waals surface area contributed by atoms with Crippen LogP contribution in [-0.4, -0.2) is 5.91 Å². The van der Waals surface area contributed by atoms with Crippen molar-refractivity contribution in [1.82, 2.24) is 0 Å². The molecule has 2 rings (SSSR count). The van der Waals surface area contributed by atoms with Crippen molar-refractivity contribution in [3.05, 3.63) is 59.9 Å². The van der Waals surface area contributed by atoms with Gasteiger partial charge in [0.1, 0.15) is 0 Å². The molecule has 0 aliphatic heterocycles. The van der Waals surface area contributed by atoms with Crippen molar-refractivity contribution in [2.75, 3.05) is 5.32 Å². The van der Waals surface area contributed by atoms with Crippen LogP contribution in [0.1, 0.15) is 10.4 Å². The van der Waals surface area contributed by atoms with Crippen LogP contribution in [0.25, 0.3) is 0 Å². The number of amides is 1. The van der Waals surface area contributed by atoms with Crippen LogP contribution in [0.2, 0.25) is 15.1 Å². The van der Waals surface area contributed by atoms with Crippen molar-refractivity contribution in [2.24, 2.45) is 0 Å². The molecule has 2 aromatic rings. The fourth-order valence-corrected chi connectivity index (χ4v) is 3.21. The molecule has 7 heteroatoms. The Morgan fingerprint density at radius 3 is 2.20 bits per heavy atom. The summed E-state index contributed by atoms with van der Waals surface area (Å²) in [5.41, 5.74) is 0.788. The van der Waals surface area contributed by atoms with E-state index in [4.69, 9.17) is 34.8 Å². The van der Waals surface area contributed by atoms with Gasteiger partial charge in [-0.3, -0.25) is 4.79 Å². The van der Waals surface area contributed by atoms with E-state index in [2.05, 4.69) is 37.2 Å². The van der Waals surface area contributed by atoms with Gasteiger partial charge in [-0.25, -0.2) is 0 Å². The van der Waals surface area contributed by atoms with Crippen LogP contribution in [-0.2, 0) is 0 Å². The average molecular weight is 458 g/mol. The molecule has 0 unspecified atom stereocenters. The van der Waals surface area contributed by atoms with E-state index in [1.54, 1.807) is 12.1 Å². The minimum Gasteiger partial charge on any atom is -0.319 e. The predicted octanol–water partition coefficient (Wildman–Crippen LogP) is 6.42. The molecule has 0 aromatic heterocycles. The van der Waals surface area contributed by atoms with Crippen molar-refractivity contribution >= 4 is 78.3 Å². The van der Waals surface area contributed by atoms with Crippen LogP contribution in [0, 0.1) is 0 Å². The fourth-order valence-electron chi connectivity index (χ4n) is 1.51. The van der Waals surface area contributed by atoms with Crippen LogP contribution in [0.4, 0.5) is 5.69 Å². The Labute approximate surface area is 147 Å². The summed E-state index contributed by atoms with van der Waals surface area (Å²) in [6, 6.07) is 8.31. The van der Waals surface area contributed by atoms with Gasteiger partial charge in [0.25, 0.3) is 5.91 Å². The first-order valence-corrected chi connectivity index (χ1v) is 8.01. The number of carbonyl (C=O) groups excluding carboxylic acids is 1. The zero-order valence-corrected chi connectivity index (χ0v) is 15.1. The molecule has 0 saturated heterocycles. The molecular weight excluding hydrogens is 452 g/mol. The Kier molecular flexibility index (Phi) is 5.37. The lowest BCUT2D eigenvalue weighted by Gasteiger charge is -2.11. The molecular formula is C13H6Br2Cl3NO. The summed E-state index contributed by atoms with van der Waals surface area (Å²) in [4.78, 5) is 12.3. The van der Waals surface area contributed by atoms with Crippen molar-refractivity contribution in [3.63, 3.8) is 0 Å². The second-order valence-corrected chi connectivity index (χ2v) is 6.84. The number of nitrogens with one attached hydrogen (secondary N) is 1. The molecule has 0 radical (unpaired) electrons. The number of hydrogen-bond acceptors (Lipinski definition) is 1. The Hall–Kier alpha value is -0.260. The Bertz CT molecular complexity index is 668. The maximum atomic E-state index is 12.3. The lowest BCUT2D eigenvalue weighted by molar-refractivity contribution is 0.102. The van der Waals surface area contributed by atoms with Crippen LogP contribution in [0.3, 0.4) is 0 Å². The van der Waals surface area contributed by atoms with Gasteiger partial charge in [-0.05, 0) is 46.3 Å². The predicted molar refractivity (Wildman–Crippen MR) is 91.3 cm³/mol. The minimum atomic E-state index is -0.329. The second-order valence-electron chi connectivity index (χ2n) is 3.82. The molecule has 0 bridgehead atoms. The highest BCUT2D eigenvalue weighted by Gasteiger charge is 2.15. The smallest absolute Gasteiger partial charge is 0.256 e. The van der Waals surface area contributed by atoms with E-state index in [1.807, 2.05) is 6.07 Å². The molecule has 2 nitrogen and oxygen atoms in total. The van der Waals surface area contributed by atoms with Crippen molar-refractivity contribution in [1.29, 1.82) is 0 Å². The molecule has 1 amide bonds. The first kappa shape index (κ1) is 16.1. The Morgan fingerprint density at radius 1 is 1.00 bits per heavy atom. The number of anilines is 1. The molecule has 0 saturated carbocycles. The molecule has 0 aliphatic rings. The van der Waals surface area contributed by atoms with Gasteiger partial charge >= 0.3 is 0 Å². The molecule has 0 aliphatic carbocycles. The quantitative estimate of drug-likeness (QED) is 0.553. The normalized spacial score (nSPS) is 10.4. The molecule has 1 N–H and O–H groups in total. The monoisotopic (exact) mass is 455 g/mol. The maximum absolute atomic E-state index is 12.3. The van der Waals surface area contributed by atoms with E-state index in [-0.39, 0.29) is 16.0 Å². The summed E-state index contributed by atoms with van der Waals surface area (Å²) in [6.45, 7) is 0. The first-order chi connectivity index (χ1) is 9.38. The van der Waals surface area contributed by atoms with E-state index < -0.39 is 0 Å². The lowest BCUT2D eigenvalue weighted by atomic mass is 10.2. The Balaban J connectivity index is 2.35. The number of benzene rings is 2. The molecule has 0 spiro atoms. The zero-order valence-electron chi connectivity index (χ0n) is 9.68. The lowest BCUT2D eigenvalue weighted by Crippen LogP contribution is -2.13. The SMILES string of the molecule is O=C(Nc1c(Cl)cc(Cl)cc1Cl)c1cc(Br)ccc1Br. The summed E-state index contributed by atoms with van der Waals surface area (Å²) in [5, 5.41) is 3.64. The highest BCUT2D eigenvalue weighted by Crippen LogP contribution is 2.34. The molecule has 0 atom stereocenters. The van der Waals surface area contributed by atoms with E-state index in [0.29, 0.717) is 20.7 Å². The maximum Gasteiger partial charge on any atom is 0.256 e. The van der Waals surface area contributed by atoms with Gasteiger partial charge in [-0.15, -0.1) is 0 Å². The summed E-state index contributed by atoms with van der Waals surface area (Å²) in [7, 11) is 0. The largest absolute Gasteiger partial charge is 0.319 e. The number of halogens is 5. The summed E-state index contributed by atoms with van der Waals surface area (Å²) >= 11 is 24.5. The average Bonchev–Trinajstić information content (AvgIpc) is 2.36. The summed E-state index contributed by atoms with van der Waals surface area (Å²) in [6.07, 6.45) is 0. The zero-order chi connectivity index (χ0) is 14.9. The second kappa shape index (κ2) is 6.67. The topological polar surface area (TPSA) is 29.1 Å². The first-order valence-electron chi connectivity index (χ1n) is 5.29. The fraction of sp³-hybridized carbons (Fsp3) is 0. The third kappa shape index (κ3) is 3.68. The van der Waals surface area contributed by atoms with Crippen LogP contribution < -0.4 is 5.32 Å². The van der Waals surface area contributed by atoms with E-state index >= 15 is 0 Å². The van der Waals surface area contributed by atoms with E-state index in [1.165, 1.54) is 12.1 Å². The van der Waals surface area contributed by atoms with Gasteiger partial charge in [0.2, 0.25) is 0 Å².